The molecule has 1 fully saturated rings. The number of hydrazone groups is 1. The van der Waals surface area contributed by atoms with Gasteiger partial charge in [-0.15, -0.1) is 0 Å². The normalized spacial score (nSPS) is 15.5. The lowest BCUT2D eigenvalue weighted by Crippen LogP contribution is -2.39. The molecule has 132 valence electrons. The Labute approximate surface area is 144 Å². The lowest BCUT2D eigenvalue weighted by Gasteiger charge is -2.23. The van der Waals surface area contributed by atoms with Crippen LogP contribution in [0.1, 0.15) is 44.1 Å². The van der Waals surface area contributed by atoms with Crippen LogP contribution in [0.5, 0.6) is 0 Å². The predicted octanol–water partition coefficient (Wildman–Crippen LogP) is 2.59. The fourth-order valence-corrected chi connectivity index (χ4v) is 3.69. The minimum absolute atomic E-state index is 0.277. The topological polar surface area (TPSA) is 78.8 Å². The molecule has 1 N–H and O–H groups in total. The van der Waals surface area contributed by atoms with Crippen LogP contribution in [0.15, 0.2) is 29.4 Å². The van der Waals surface area contributed by atoms with Crippen molar-refractivity contribution in [1.82, 2.24) is 5.43 Å². The van der Waals surface area contributed by atoms with E-state index in [1.165, 1.54) is 12.8 Å². The van der Waals surface area contributed by atoms with Crippen molar-refractivity contribution < 1.29 is 13.2 Å². The quantitative estimate of drug-likeness (QED) is 0.654. The Balaban J connectivity index is 2.08. The Morgan fingerprint density at radius 2 is 1.79 bits per heavy atom. The number of hydrogen-bond donors (Lipinski definition) is 1. The van der Waals surface area contributed by atoms with E-state index in [2.05, 4.69) is 10.5 Å². The number of para-hydroxylation sites is 1. The van der Waals surface area contributed by atoms with Crippen LogP contribution in [-0.2, 0) is 14.8 Å². The van der Waals surface area contributed by atoms with Crippen molar-refractivity contribution >= 4 is 27.3 Å². The molecule has 7 heteroatoms. The van der Waals surface area contributed by atoms with E-state index in [4.69, 9.17) is 0 Å². The summed E-state index contributed by atoms with van der Waals surface area (Å²) in [4.78, 5) is 12.2. The maximum atomic E-state index is 12.2. The summed E-state index contributed by atoms with van der Waals surface area (Å²) >= 11 is 0. The molecule has 0 saturated heterocycles. The van der Waals surface area contributed by atoms with E-state index in [1.54, 1.807) is 12.1 Å². The van der Waals surface area contributed by atoms with E-state index in [0.29, 0.717) is 5.69 Å². The zero-order chi connectivity index (χ0) is 17.6. The molecule has 1 saturated carbocycles. The Bertz CT molecular complexity index is 704. The number of carbonyl (C=O) groups excluding carboxylic acids is 1. The van der Waals surface area contributed by atoms with Gasteiger partial charge >= 0.3 is 0 Å². The van der Waals surface area contributed by atoms with Crippen LogP contribution in [0, 0.1) is 6.92 Å². The van der Waals surface area contributed by atoms with Crippen molar-refractivity contribution in [2.24, 2.45) is 5.10 Å². The van der Waals surface area contributed by atoms with E-state index in [0.717, 1.165) is 47.5 Å². The molecule has 0 unspecified atom stereocenters. The molecule has 1 aliphatic carbocycles. The fraction of sp³-hybridized carbons (Fsp3) is 0.529. The highest BCUT2D eigenvalue weighted by atomic mass is 32.2. The number of nitrogens with one attached hydrogen (secondary N) is 1. The molecular formula is C17H25N3O3S. The first-order valence-electron chi connectivity index (χ1n) is 8.25. The zero-order valence-electron chi connectivity index (χ0n) is 14.3. The molecular weight excluding hydrogens is 326 g/mol. The van der Waals surface area contributed by atoms with Crippen molar-refractivity contribution in [3.05, 3.63) is 29.8 Å². The van der Waals surface area contributed by atoms with Crippen molar-refractivity contribution in [1.29, 1.82) is 0 Å². The van der Waals surface area contributed by atoms with Crippen LogP contribution < -0.4 is 9.73 Å². The lowest BCUT2D eigenvalue weighted by molar-refractivity contribution is -0.119. The predicted molar refractivity (Wildman–Crippen MR) is 96.6 cm³/mol. The van der Waals surface area contributed by atoms with Crippen molar-refractivity contribution in [2.75, 3.05) is 17.1 Å². The second kappa shape index (κ2) is 8.28. The number of carbonyl (C=O) groups is 1. The average molecular weight is 351 g/mol. The van der Waals surface area contributed by atoms with E-state index < -0.39 is 15.9 Å². The molecule has 1 aliphatic rings. The Morgan fingerprint density at radius 1 is 1.17 bits per heavy atom. The van der Waals surface area contributed by atoms with Crippen molar-refractivity contribution in [3.8, 4) is 0 Å². The average Bonchev–Trinajstić information content (AvgIpc) is 2.79. The van der Waals surface area contributed by atoms with Gasteiger partial charge in [-0.05, 0) is 44.2 Å². The van der Waals surface area contributed by atoms with Gasteiger partial charge < -0.3 is 0 Å². The summed E-state index contributed by atoms with van der Waals surface area (Å²) in [6, 6.07) is 7.10. The summed E-state index contributed by atoms with van der Waals surface area (Å²) in [6.07, 6.45) is 7.47. The molecule has 0 atom stereocenters. The first-order chi connectivity index (χ1) is 11.4. The molecule has 2 rings (SSSR count). The number of anilines is 1. The molecule has 6 nitrogen and oxygen atoms in total. The highest BCUT2D eigenvalue weighted by Crippen LogP contribution is 2.21. The monoisotopic (exact) mass is 351 g/mol. The third-order valence-electron chi connectivity index (χ3n) is 4.09. The molecule has 0 bridgehead atoms. The number of nitrogens with zero attached hydrogens (tertiary/aromatic N) is 2. The van der Waals surface area contributed by atoms with Gasteiger partial charge in [-0.25, -0.2) is 13.8 Å². The summed E-state index contributed by atoms with van der Waals surface area (Å²) in [5, 5.41) is 4.19. The van der Waals surface area contributed by atoms with Crippen LogP contribution in [0.2, 0.25) is 0 Å². The van der Waals surface area contributed by atoms with Gasteiger partial charge in [0.15, 0.2) is 0 Å². The second-order valence-corrected chi connectivity index (χ2v) is 8.09. The Morgan fingerprint density at radius 3 is 2.38 bits per heavy atom. The molecule has 0 aliphatic heterocycles. The SMILES string of the molecule is Cc1ccccc1N(CC(=O)NN=C1CCCCCC1)S(C)(=O)=O. The summed E-state index contributed by atoms with van der Waals surface area (Å²) in [5.74, 6) is -0.430. The van der Waals surface area contributed by atoms with E-state index in [-0.39, 0.29) is 6.54 Å². The fourth-order valence-electron chi connectivity index (χ4n) is 2.78. The Hall–Kier alpha value is -1.89. The molecule has 1 aromatic carbocycles. The lowest BCUT2D eigenvalue weighted by atomic mass is 10.2. The maximum absolute atomic E-state index is 12.2. The smallest absolute Gasteiger partial charge is 0.260 e. The first-order valence-corrected chi connectivity index (χ1v) is 10.1. The summed E-state index contributed by atoms with van der Waals surface area (Å²) in [7, 11) is -3.56. The van der Waals surface area contributed by atoms with Crippen LogP contribution in [0.4, 0.5) is 5.69 Å². The van der Waals surface area contributed by atoms with E-state index in [9.17, 15) is 13.2 Å². The van der Waals surface area contributed by atoms with Gasteiger partial charge in [0.25, 0.3) is 5.91 Å². The van der Waals surface area contributed by atoms with Gasteiger partial charge in [-0.3, -0.25) is 9.10 Å². The number of benzene rings is 1. The molecule has 0 heterocycles. The van der Waals surface area contributed by atoms with Gasteiger partial charge in [0.2, 0.25) is 10.0 Å². The van der Waals surface area contributed by atoms with Crippen molar-refractivity contribution in [3.63, 3.8) is 0 Å². The highest BCUT2D eigenvalue weighted by Gasteiger charge is 2.22. The second-order valence-electron chi connectivity index (χ2n) is 6.18. The van der Waals surface area contributed by atoms with Crippen LogP contribution in [0.3, 0.4) is 0 Å². The number of aryl methyl sites for hydroxylation is 1. The Kier molecular flexibility index (Phi) is 6.36. The standard InChI is InChI=1S/C17H25N3O3S/c1-14-9-7-8-12-16(14)20(24(2,22)23)13-17(21)19-18-15-10-5-3-4-6-11-15/h7-9,12H,3-6,10-11,13H2,1-2H3,(H,19,21). The molecule has 1 aromatic rings. The number of sulfonamides is 1. The molecule has 0 radical (unpaired) electrons. The maximum Gasteiger partial charge on any atom is 0.260 e. The van der Waals surface area contributed by atoms with Gasteiger partial charge in [0.05, 0.1) is 11.9 Å². The number of hydrogen-bond acceptors (Lipinski definition) is 4. The largest absolute Gasteiger partial charge is 0.271 e. The van der Waals surface area contributed by atoms with Crippen LogP contribution in [0.25, 0.3) is 0 Å². The minimum Gasteiger partial charge on any atom is -0.271 e. The van der Waals surface area contributed by atoms with Gasteiger partial charge in [-0.1, -0.05) is 31.0 Å². The van der Waals surface area contributed by atoms with Crippen LogP contribution in [-0.4, -0.2) is 32.8 Å². The van der Waals surface area contributed by atoms with Gasteiger partial charge in [0, 0.05) is 5.71 Å². The molecule has 1 amide bonds. The molecule has 24 heavy (non-hydrogen) atoms. The third-order valence-corrected chi connectivity index (χ3v) is 5.22. The molecule has 0 spiro atoms. The first kappa shape index (κ1) is 18.4. The van der Waals surface area contributed by atoms with E-state index >= 15 is 0 Å². The van der Waals surface area contributed by atoms with Crippen LogP contribution >= 0.6 is 0 Å². The number of amides is 1. The summed E-state index contributed by atoms with van der Waals surface area (Å²) < 4.78 is 25.3. The summed E-state index contributed by atoms with van der Waals surface area (Å²) in [5.41, 5.74) is 4.81. The van der Waals surface area contributed by atoms with Gasteiger partial charge in [0.1, 0.15) is 6.54 Å². The van der Waals surface area contributed by atoms with E-state index in [1.807, 2.05) is 19.1 Å². The minimum atomic E-state index is -3.56. The highest BCUT2D eigenvalue weighted by molar-refractivity contribution is 7.92. The molecule has 0 aromatic heterocycles. The number of rotatable bonds is 5. The third kappa shape index (κ3) is 5.33. The van der Waals surface area contributed by atoms with Crippen molar-refractivity contribution in [2.45, 2.75) is 45.4 Å². The summed E-state index contributed by atoms with van der Waals surface area (Å²) in [6.45, 7) is 1.54. The van der Waals surface area contributed by atoms with Gasteiger partial charge in [-0.2, -0.15) is 5.10 Å². The zero-order valence-corrected chi connectivity index (χ0v) is 15.1.